The number of hydrogen-bond acceptors (Lipinski definition) is 8. The second-order valence-corrected chi connectivity index (χ2v) is 11.8. The van der Waals surface area contributed by atoms with Gasteiger partial charge >= 0.3 is 0 Å². The standard InChI is InChI=1S/C29H29ClN6O3S/c1-20(21-5-3-2-4-6-21)34-28-24(17-31)19-32-26-8-7-22(15-25(26)28)23-16-27(29(30)33-18-23)35-40(37,38)14-11-36-9-12-39-13-10-36/h2-8,15-16,18-20,35H,9-14H2,1H3,(H,32,34). The SMILES string of the molecule is CC(Nc1c(C#N)cnc2ccc(-c3cnc(Cl)c(NS(=O)(=O)CCN4CCOCC4)c3)cc12)c1ccccc1. The molecule has 2 aromatic heterocycles. The molecule has 2 N–H and O–H groups in total. The minimum atomic E-state index is -3.66. The lowest BCUT2D eigenvalue weighted by atomic mass is 10.0. The first-order chi connectivity index (χ1) is 19.3. The number of nitrogens with zero attached hydrogens (tertiary/aromatic N) is 4. The number of hydrogen-bond donors (Lipinski definition) is 2. The van der Waals surface area contributed by atoms with E-state index in [0.29, 0.717) is 49.7 Å². The molecule has 1 unspecified atom stereocenters. The number of aromatic nitrogens is 2. The highest BCUT2D eigenvalue weighted by Gasteiger charge is 2.19. The van der Waals surface area contributed by atoms with Crippen LogP contribution in [0.1, 0.15) is 24.1 Å². The normalized spacial score (nSPS) is 14.9. The molecule has 0 aliphatic carbocycles. The molecule has 0 saturated carbocycles. The summed E-state index contributed by atoms with van der Waals surface area (Å²) in [5.74, 6) is -0.0687. The van der Waals surface area contributed by atoms with Crippen LogP contribution in [-0.2, 0) is 14.8 Å². The third-order valence-corrected chi connectivity index (χ3v) is 8.42. The molecule has 2 aromatic carbocycles. The smallest absolute Gasteiger partial charge is 0.234 e. The fourth-order valence-corrected chi connectivity index (χ4v) is 5.92. The molecule has 4 aromatic rings. The molecule has 206 valence electrons. The number of fused-ring (bicyclic) bond motifs is 1. The molecule has 3 heterocycles. The highest BCUT2D eigenvalue weighted by molar-refractivity contribution is 7.92. The number of pyridine rings is 2. The van der Waals surface area contributed by atoms with Gasteiger partial charge in [-0.15, -0.1) is 0 Å². The number of nitriles is 1. The second kappa shape index (κ2) is 12.2. The fourth-order valence-electron chi connectivity index (χ4n) is 4.62. The zero-order valence-electron chi connectivity index (χ0n) is 22.0. The van der Waals surface area contributed by atoms with Crippen LogP contribution in [0.4, 0.5) is 11.4 Å². The van der Waals surface area contributed by atoms with Crippen LogP contribution >= 0.6 is 11.6 Å². The first kappa shape index (κ1) is 27.8. The maximum absolute atomic E-state index is 12.8. The maximum Gasteiger partial charge on any atom is 0.234 e. The third-order valence-electron chi connectivity index (χ3n) is 6.87. The van der Waals surface area contributed by atoms with Crippen LogP contribution in [0.15, 0.2) is 67.0 Å². The molecule has 0 amide bonds. The Kier molecular flexibility index (Phi) is 8.47. The van der Waals surface area contributed by atoms with Gasteiger partial charge in [0.15, 0.2) is 5.15 Å². The first-order valence-corrected chi connectivity index (χ1v) is 15.0. The number of sulfonamides is 1. The lowest BCUT2D eigenvalue weighted by molar-refractivity contribution is 0.0408. The number of halogens is 1. The zero-order chi connectivity index (χ0) is 28.1. The number of morpholine rings is 1. The Bertz CT molecular complexity index is 1650. The Labute approximate surface area is 238 Å². The largest absolute Gasteiger partial charge is 0.379 e. The van der Waals surface area contributed by atoms with Crippen LogP contribution < -0.4 is 10.0 Å². The predicted molar refractivity (Wildman–Crippen MR) is 158 cm³/mol. The van der Waals surface area contributed by atoms with E-state index in [2.05, 4.69) is 31.0 Å². The number of anilines is 2. The van der Waals surface area contributed by atoms with Crippen LogP contribution in [0, 0.1) is 11.3 Å². The van der Waals surface area contributed by atoms with Gasteiger partial charge in [-0.3, -0.25) is 14.6 Å². The highest BCUT2D eigenvalue weighted by Crippen LogP contribution is 2.34. The van der Waals surface area contributed by atoms with Crippen molar-refractivity contribution in [1.29, 1.82) is 5.26 Å². The van der Waals surface area contributed by atoms with Gasteiger partial charge in [0.25, 0.3) is 0 Å². The number of nitrogens with one attached hydrogen (secondary N) is 2. The topological polar surface area (TPSA) is 120 Å². The van der Waals surface area contributed by atoms with E-state index >= 15 is 0 Å². The van der Waals surface area contributed by atoms with Crippen LogP contribution in [0.3, 0.4) is 0 Å². The first-order valence-electron chi connectivity index (χ1n) is 12.9. The minimum Gasteiger partial charge on any atom is -0.379 e. The van der Waals surface area contributed by atoms with E-state index in [4.69, 9.17) is 16.3 Å². The molecule has 1 aliphatic rings. The molecule has 1 saturated heterocycles. The van der Waals surface area contributed by atoms with Crippen molar-refractivity contribution < 1.29 is 13.2 Å². The van der Waals surface area contributed by atoms with E-state index in [1.54, 1.807) is 18.5 Å². The summed E-state index contributed by atoms with van der Waals surface area (Å²) in [5.41, 5.74) is 4.56. The molecular formula is C29H29ClN6O3S. The highest BCUT2D eigenvalue weighted by atomic mass is 35.5. The van der Waals surface area contributed by atoms with Crippen molar-refractivity contribution in [1.82, 2.24) is 14.9 Å². The van der Waals surface area contributed by atoms with Crippen molar-refractivity contribution in [2.24, 2.45) is 0 Å². The van der Waals surface area contributed by atoms with E-state index in [1.807, 2.05) is 55.5 Å². The van der Waals surface area contributed by atoms with E-state index in [-0.39, 0.29) is 22.6 Å². The Hall–Kier alpha value is -3.75. The molecular weight excluding hydrogens is 548 g/mol. The summed E-state index contributed by atoms with van der Waals surface area (Å²) in [6, 6.07) is 19.5. The Balaban J connectivity index is 1.43. The lowest BCUT2D eigenvalue weighted by Gasteiger charge is -2.26. The van der Waals surface area contributed by atoms with Crippen molar-refractivity contribution in [2.75, 3.05) is 48.6 Å². The van der Waals surface area contributed by atoms with E-state index in [1.165, 1.54) is 0 Å². The quantitative estimate of drug-likeness (QED) is 0.265. The van der Waals surface area contributed by atoms with Gasteiger partial charge in [0.2, 0.25) is 10.0 Å². The van der Waals surface area contributed by atoms with Gasteiger partial charge in [-0.2, -0.15) is 5.26 Å². The molecule has 5 rings (SSSR count). The third kappa shape index (κ3) is 6.51. The summed E-state index contributed by atoms with van der Waals surface area (Å²) in [5, 5.41) is 14.1. The Morgan fingerprint density at radius 3 is 2.60 bits per heavy atom. The molecule has 11 heteroatoms. The van der Waals surface area contributed by atoms with Crippen molar-refractivity contribution in [3.8, 4) is 17.2 Å². The van der Waals surface area contributed by atoms with Gasteiger partial charge in [-0.1, -0.05) is 48.0 Å². The van der Waals surface area contributed by atoms with E-state index in [0.717, 1.165) is 22.0 Å². The summed E-state index contributed by atoms with van der Waals surface area (Å²) in [7, 11) is -3.66. The van der Waals surface area contributed by atoms with Crippen molar-refractivity contribution in [3.05, 3.63) is 83.3 Å². The summed E-state index contributed by atoms with van der Waals surface area (Å²) in [4.78, 5) is 10.8. The average Bonchev–Trinajstić information content (AvgIpc) is 2.98. The van der Waals surface area contributed by atoms with Gasteiger partial charge in [-0.05, 0) is 36.2 Å². The van der Waals surface area contributed by atoms with Gasteiger partial charge < -0.3 is 10.1 Å². The number of benzene rings is 2. The monoisotopic (exact) mass is 576 g/mol. The molecule has 1 atom stereocenters. The Morgan fingerprint density at radius 2 is 1.85 bits per heavy atom. The summed E-state index contributed by atoms with van der Waals surface area (Å²) >= 11 is 6.29. The summed E-state index contributed by atoms with van der Waals surface area (Å²) < 4.78 is 33.6. The van der Waals surface area contributed by atoms with E-state index in [9.17, 15) is 13.7 Å². The molecule has 1 fully saturated rings. The molecule has 1 aliphatic heterocycles. The Morgan fingerprint density at radius 1 is 1.07 bits per heavy atom. The van der Waals surface area contributed by atoms with Crippen molar-refractivity contribution >= 4 is 43.9 Å². The molecule has 0 radical (unpaired) electrons. The number of rotatable bonds is 9. The molecule has 0 bridgehead atoms. The van der Waals surface area contributed by atoms with Gasteiger partial charge in [-0.25, -0.2) is 13.4 Å². The molecule has 9 nitrogen and oxygen atoms in total. The van der Waals surface area contributed by atoms with Crippen LogP contribution in [0.25, 0.3) is 22.0 Å². The van der Waals surface area contributed by atoms with Crippen LogP contribution in [0.5, 0.6) is 0 Å². The van der Waals surface area contributed by atoms with Crippen molar-refractivity contribution in [2.45, 2.75) is 13.0 Å². The van der Waals surface area contributed by atoms with Gasteiger partial charge in [0.1, 0.15) is 6.07 Å². The molecule has 0 spiro atoms. The van der Waals surface area contributed by atoms with Gasteiger partial charge in [0.05, 0.1) is 41.4 Å². The van der Waals surface area contributed by atoms with Crippen LogP contribution in [0.2, 0.25) is 5.15 Å². The summed E-state index contributed by atoms with van der Waals surface area (Å²) in [6.45, 7) is 5.06. The lowest BCUT2D eigenvalue weighted by Crippen LogP contribution is -2.39. The number of ether oxygens (including phenoxy) is 1. The van der Waals surface area contributed by atoms with Gasteiger partial charge in [0, 0.05) is 49.0 Å². The van der Waals surface area contributed by atoms with Crippen LogP contribution in [-0.4, -0.2) is 61.9 Å². The maximum atomic E-state index is 12.8. The van der Waals surface area contributed by atoms with E-state index < -0.39 is 10.0 Å². The zero-order valence-corrected chi connectivity index (χ0v) is 23.5. The van der Waals surface area contributed by atoms with Crippen molar-refractivity contribution in [3.63, 3.8) is 0 Å². The average molecular weight is 577 g/mol. The second-order valence-electron chi connectivity index (χ2n) is 9.60. The minimum absolute atomic E-state index is 0.0572. The predicted octanol–water partition coefficient (Wildman–Crippen LogP) is 5.07. The fraction of sp³-hybridized carbons (Fsp3) is 0.276. The summed E-state index contributed by atoms with van der Waals surface area (Å²) in [6.07, 6.45) is 3.16. The molecule has 40 heavy (non-hydrogen) atoms.